The van der Waals surface area contributed by atoms with Crippen molar-refractivity contribution >= 4 is 5.69 Å². The van der Waals surface area contributed by atoms with Crippen molar-refractivity contribution < 1.29 is 31.1 Å². The molecule has 1 heterocycles. The van der Waals surface area contributed by atoms with Crippen molar-refractivity contribution in [2.75, 3.05) is 5.73 Å². The second-order valence-electron chi connectivity index (χ2n) is 2.60. The standard InChI is InChI=1S/C7H4F6N2O/c8-5(9)2-1-15-6(10)4(3(2)14)16-7(11,12)13/h1,5H,(H2,14,15). The number of anilines is 1. The quantitative estimate of drug-likeness (QED) is 0.644. The van der Waals surface area contributed by atoms with E-state index < -0.39 is 35.7 Å². The van der Waals surface area contributed by atoms with Crippen molar-refractivity contribution in [3.8, 4) is 5.75 Å². The van der Waals surface area contributed by atoms with E-state index in [9.17, 15) is 26.3 Å². The fraction of sp³-hybridized carbons (Fsp3) is 0.286. The van der Waals surface area contributed by atoms with Crippen molar-refractivity contribution in [3.05, 3.63) is 17.7 Å². The summed E-state index contributed by atoms with van der Waals surface area (Å²) in [6, 6.07) is 0. The molecule has 0 aliphatic heterocycles. The number of halogens is 6. The van der Waals surface area contributed by atoms with Gasteiger partial charge < -0.3 is 10.5 Å². The van der Waals surface area contributed by atoms with Gasteiger partial charge in [-0.1, -0.05) is 0 Å². The lowest BCUT2D eigenvalue weighted by molar-refractivity contribution is -0.275. The minimum absolute atomic E-state index is 0.346. The molecule has 0 saturated carbocycles. The lowest BCUT2D eigenvalue weighted by atomic mass is 10.2. The Morgan fingerprint density at radius 2 is 1.88 bits per heavy atom. The van der Waals surface area contributed by atoms with Crippen molar-refractivity contribution in [2.24, 2.45) is 0 Å². The van der Waals surface area contributed by atoms with Crippen LogP contribution in [0.5, 0.6) is 5.75 Å². The number of nitrogens with zero attached hydrogens (tertiary/aromatic N) is 1. The molecule has 16 heavy (non-hydrogen) atoms. The lowest BCUT2D eigenvalue weighted by Crippen LogP contribution is -2.20. The van der Waals surface area contributed by atoms with Crippen LogP contribution >= 0.6 is 0 Å². The van der Waals surface area contributed by atoms with Gasteiger partial charge in [0.2, 0.25) is 5.75 Å². The number of alkyl halides is 5. The van der Waals surface area contributed by atoms with Crippen LogP contribution in [0.4, 0.5) is 32.0 Å². The summed E-state index contributed by atoms with van der Waals surface area (Å²) in [7, 11) is 0. The maximum absolute atomic E-state index is 12.8. The zero-order valence-electron chi connectivity index (χ0n) is 7.36. The average molecular weight is 246 g/mol. The maximum Gasteiger partial charge on any atom is 0.573 e. The number of hydrogen-bond acceptors (Lipinski definition) is 3. The molecule has 0 aromatic carbocycles. The molecule has 90 valence electrons. The highest BCUT2D eigenvalue weighted by molar-refractivity contribution is 5.57. The normalized spacial score (nSPS) is 11.9. The second-order valence-corrected chi connectivity index (χ2v) is 2.60. The zero-order valence-corrected chi connectivity index (χ0v) is 7.36. The van der Waals surface area contributed by atoms with Gasteiger partial charge in [0.05, 0.1) is 11.3 Å². The maximum atomic E-state index is 12.8. The molecule has 0 aliphatic rings. The highest BCUT2D eigenvalue weighted by Gasteiger charge is 2.35. The highest BCUT2D eigenvalue weighted by Crippen LogP contribution is 2.36. The molecule has 3 nitrogen and oxygen atoms in total. The van der Waals surface area contributed by atoms with Gasteiger partial charge in [0.15, 0.2) is 0 Å². The summed E-state index contributed by atoms with van der Waals surface area (Å²) in [6.45, 7) is 0. The minimum atomic E-state index is -5.24. The summed E-state index contributed by atoms with van der Waals surface area (Å²) in [5.41, 5.74) is 2.75. The van der Waals surface area contributed by atoms with E-state index in [0.29, 0.717) is 6.20 Å². The Morgan fingerprint density at radius 1 is 1.31 bits per heavy atom. The molecule has 0 spiro atoms. The molecule has 1 rings (SSSR count). The molecule has 0 saturated heterocycles. The summed E-state index contributed by atoms with van der Waals surface area (Å²) < 4.78 is 75.6. The van der Waals surface area contributed by atoms with E-state index in [1.54, 1.807) is 0 Å². The molecule has 0 unspecified atom stereocenters. The van der Waals surface area contributed by atoms with E-state index in [0.717, 1.165) is 0 Å². The first-order valence-electron chi connectivity index (χ1n) is 3.70. The van der Waals surface area contributed by atoms with Gasteiger partial charge in [-0.05, 0) is 0 Å². The average Bonchev–Trinajstić information content (AvgIpc) is 2.10. The van der Waals surface area contributed by atoms with E-state index in [1.807, 2.05) is 0 Å². The van der Waals surface area contributed by atoms with E-state index >= 15 is 0 Å². The van der Waals surface area contributed by atoms with Crippen LogP contribution in [0.25, 0.3) is 0 Å². The number of aromatic nitrogens is 1. The number of ether oxygens (including phenoxy) is 1. The molecule has 0 bridgehead atoms. The van der Waals surface area contributed by atoms with Crippen molar-refractivity contribution in [3.63, 3.8) is 0 Å². The van der Waals surface area contributed by atoms with Gasteiger partial charge in [0, 0.05) is 6.20 Å². The third kappa shape index (κ3) is 2.67. The van der Waals surface area contributed by atoms with E-state index in [4.69, 9.17) is 5.73 Å². The van der Waals surface area contributed by atoms with Crippen LogP contribution in [0, 0.1) is 5.95 Å². The van der Waals surface area contributed by atoms with Crippen molar-refractivity contribution in [2.45, 2.75) is 12.8 Å². The van der Waals surface area contributed by atoms with Gasteiger partial charge in [-0.3, -0.25) is 0 Å². The van der Waals surface area contributed by atoms with Crippen LogP contribution in [0.2, 0.25) is 0 Å². The van der Waals surface area contributed by atoms with E-state index in [2.05, 4.69) is 9.72 Å². The Kier molecular flexibility index (Phi) is 3.15. The third-order valence-electron chi connectivity index (χ3n) is 1.51. The topological polar surface area (TPSA) is 48.1 Å². The number of nitrogens with two attached hydrogens (primary N) is 1. The highest BCUT2D eigenvalue weighted by atomic mass is 19.4. The van der Waals surface area contributed by atoms with Gasteiger partial charge in [-0.2, -0.15) is 4.39 Å². The summed E-state index contributed by atoms with van der Waals surface area (Å²) in [6.07, 6.45) is -8.07. The first-order chi connectivity index (χ1) is 7.22. The Balaban J connectivity index is 3.21. The van der Waals surface area contributed by atoms with Gasteiger partial charge in [-0.25, -0.2) is 13.8 Å². The molecule has 0 atom stereocenters. The Labute approximate surface area is 84.8 Å². The predicted octanol–water partition coefficient (Wildman–Crippen LogP) is 2.64. The minimum Gasteiger partial charge on any atom is -0.399 e. The van der Waals surface area contributed by atoms with Crippen LogP contribution in [0.15, 0.2) is 6.20 Å². The van der Waals surface area contributed by atoms with Crippen LogP contribution in [-0.2, 0) is 0 Å². The monoisotopic (exact) mass is 246 g/mol. The van der Waals surface area contributed by atoms with Crippen LogP contribution in [-0.4, -0.2) is 11.3 Å². The van der Waals surface area contributed by atoms with E-state index in [1.165, 1.54) is 0 Å². The van der Waals surface area contributed by atoms with Crippen LogP contribution < -0.4 is 10.5 Å². The smallest absolute Gasteiger partial charge is 0.399 e. The third-order valence-corrected chi connectivity index (χ3v) is 1.51. The summed E-state index contributed by atoms with van der Waals surface area (Å²) >= 11 is 0. The van der Waals surface area contributed by atoms with E-state index in [-0.39, 0.29) is 0 Å². The SMILES string of the molecule is Nc1c(C(F)F)cnc(F)c1OC(F)(F)F. The summed E-state index contributed by atoms with van der Waals surface area (Å²) in [5.74, 6) is -3.26. The first-order valence-corrected chi connectivity index (χ1v) is 3.70. The Morgan fingerprint density at radius 3 is 2.31 bits per heavy atom. The number of nitrogen functional groups attached to an aromatic ring is 1. The summed E-state index contributed by atoms with van der Waals surface area (Å²) in [4.78, 5) is 2.69. The number of rotatable bonds is 2. The molecule has 1 aromatic heterocycles. The van der Waals surface area contributed by atoms with Crippen LogP contribution in [0.3, 0.4) is 0 Å². The first kappa shape index (κ1) is 12.4. The zero-order chi connectivity index (χ0) is 12.5. The Hall–Kier alpha value is -1.67. The lowest BCUT2D eigenvalue weighted by Gasteiger charge is -2.13. The fourth-order valence-electron chi connectivity index (χ4n) is 0.883. The van der Waals surface area contributed by atoms with Gasteiger partial charge >= 0.3 is 6.36 Å². The van der Waals surface area contributed by atoms with Crippen molar-refractivity contribution in [1.82, 2.24) is 4.98 Å². The summed E-state index contributed by atoms with van der Waals surface area (Å²) in [5, 5.41) is 0. The molecule has 2 N–H and O–H groups in total. The molecule has 0 amide bonds. The largest absolute Gasteiger partial charge is 0.573 e. The number of pyridine rings is 1. The Bertz CT molecular complexity index is 391. The molecule has 9 heteroatoms. The van der Waals surface area contributed by atoms with Gasteiger partial charge in [-0.15, -0.1) is 13.2 Å². The van der Waals surface area contributed by atoms with Gasteiger partial charge in [0.1, 0.15) is 0 Å². The van der Waals surface area contributed by atoms with Crippen LogP contribution in [0.1, 0.15) is 12.0 Å². The predicted molar refractivity (Wildman–Crippen MR) is 40.2 cm³/mol. The molecule has 1 aromatic rings. The molecule has 0 fully saturated rings. The van der Waals surface area contributed by atoms with Gasteiger partial charge in [0.25, 0.3) is 12.4 Å². The second kappa shape index (κ2) is 4.06. The number of hydrogen-bond donors (Lipinski definition) is 1. The van der Waals surface area contributed by atoms with Crippen molar-refractivity contribution in [1.29, 1.82) is 0 Å². The molecule has 0 aliphatic carbocycles. The molecular formula is C7H4F6N2O. The molecular weight excluding hydrogens is 242 g/mol. The fourth-order valence-corrected chi connectivity index (χ4v) is 0.883. The molecule has 0 radical (unpaired) electrons.